The Kier molecular flexibility index (Phi) is 5.45. The minimum absolute atomic E-state index is 0.0345. The van der Waals surface area contributed by atoms with Gasteiger partial charge in [-0.2, -0.15) is 0 Å². The summed E-state index contributed by atoms with van der Waals surface area (Å²) in [6, 6.07) is 12.9. The number of hydrogen-bond donors (Lipinski definition) is 1. The van der Waals surface area contributed by atoms with E-state index < -0.39 is 19.9 Å². The van der Waals surface area contributed by atoms with Gasteiger partial charge in [0.2, 0.25) is 10.0 Å². The molecule has 0 bridgehead atoms. The Balaban J connectivity index is 1.74. The minimum Gasteiger partial charge on any atom is -0.333 e. The molecule has 1 N–H and O–H groups in total. The van der Waals surface area contributed by atoms with Crippen LogP contribution in [-0.2, 0) is 33.0 Å². The number of sulfone groups is 1. The van der Waals surface area contributed by atoms with Gasteiger partial charge in [0.05, 0.1) is 16.1 Å². The van der Waals surface area contributed by atoms with Crippen molar-refractivity contribution in [3.63, 3.8) is 0 Å². The number of hydrogen-bond acceptors (Lipinski definition) is 5. The molecule has 7 nitrogen and oxygen atoms in total. The highest BCUT2D eigenvalue weighted by molar-refractivity contribution is 7.91. The van der Waals surface area contributed by atoms with Crippen molar-refractivity contribution >= 4 is 19.9 Å². The first kappa shape index (κ1) is 19.3. The third-order valence-corrected chi connectivity index (χ3v) is 6.44. The average molecular weight is 406 g/mol. The number of nitrogens with zero attached hydrogens (tertiary/aromatic N) is 2. The molecule has 0 atom stereocenters. The molecule has 3 rings (SSSR count). The van der Waals surface area contributed by atoms with E-state index in [0.717, 1.165) is 23.4 Å². The number of aromatic nitrogens is 2. The molecule has 0 radical (unpaired) electrons. The van der Waals surface area contributed by atoms with Gasteiger partial charge in [0.15, 0.2) is 9.84 Å². The summed E-state index contributed by atoms with van der Waals surface area (Å²) in [4.78, 5) is 3.88. The lowest BCUT2D eigenvalue weighted by atomic mass is 10.1. The number of rotatable bonds is 7. The molecule has 142 valence electrons. The molecule has 0 saturated carbocycles. The largest absolute Gasteiger partial charge is 0.333 e. The highest BCUT2D eigenvalue weighted by Gasteiger charge is 2.17. The SMILES string of the molecule is CS(=O)(=O)c1cccc(S(=O)(=O)NCc2cccc(Cn3ccnc3)c2)c1. The van der Waals surface area contributed by atoms with E-state index in [4.69, 9.17) is 0 Å². The summed E-state index contributed by atoms with van der Waals surface area (Å²) in [7, 11) is -7.32. The first-order valence-electron chi connectivity index (χ1n) is 8.07. The van der Waals surface area contributed by atoms with Gasteiger partial charge >= 0.3 is 0 Å². The Morgan fingerprint density at radius 1 is 0.963 bits per heavy atom. The van der Waals surface area contributed by atoms with Crippen molar-refractivity contribution in [2.24, 2.45) is 0 Å². The summed E-state index contributed by atoms with van der Waals surface area (Å²) < 4.78 is 52.7. The van der Waals surface area contributed by atoms with E-state index in [9.17, 15) is 16.8 Å². The third kappa shape index (κ3) is 5.03. The average Bonchev–Trinajstić information content (AvgIpc) is 3.13. The van der Waals surface area contributed by atoms with Crippen LogP contribution in [0.25, 0.3) is 0 Å². The quantitative estimate of drug-likeness (QED) is 0.646. The lowest BCUT2D eigenvalue weighted by molar-refractivity contribution is 0.581. The van der Waals surface area contributed by atoms with Gasteiger partial charge in [-0.1, -0.05) is 30.3 Å². The van der Waals surface area contributed by atoms with Crippen LogP contribution in [0.15, 0.2) is 77.0 Å². The zero-order chi connectivity index (χ0) is 19.5. The van der Waals surface area contributed by atoms with Crippen LogP contribution in [0, 0.1) is 0 Å². The Morgan fingerprint density at radius 2 is 1.67 bits per heavy atom. The summed E-state index contributed by atoms with van der Waals surface area (Å²) >= 11 is 0. The zero-order valence-corrected chi connectivity index (χ0v) is 16.2. The zero-order valence-electron chi connectivity index (χ0n) is 14.6. The fraction of sp³-hybridized carbons (Fsp3) is 0.167. The molecule has 3 aromatic rings. The van der Waals surface area contributed by atoms with Crippen LogP contribution in [0.4, 0.5) is 0 Å². The highest BCUT2D eigenvalue weighted by Crippen LogP contribution is 2.16. The number of sulfonamides is 1. The summed E-state index contributed by atoms with van der Waals surface area (Å²) in [5, 5.41) is 0. The molecule has 1 aromatic heterocycles. The first-order chi connectivity index (χ1) is 12.7. The maximum absolute atomic E-state index is 12.5. The van der Waals surface area contributed by atoms with Gasteiger partial charge in [0, 0.05) is 31.7 Å². The lowest BCUT2D eigenvalue weighted by Crippen LogP contribution is -2.23. The van der Waals surface area contributed by atoms with Crippen molar-refractivity contribution in [2.45, 2.75) is 22.9 Å². The predicted octanol–water partition coefficient (Wildman–Crippen LogP) is 1.81. The predicted molar refractivity (Wildman–Crippen MR) is 101 cm³/mol. The van der Waals surface area contributed by atoms with Gasteiger partial charge in [-0.3, -0.25) is 0 Å². The summed E-state index contributed by atoms with van der Waals surface area (Å²) in [6.07, 6.45) is 6.30. The van der Waals surface area contributed by atoms with Crippen LogP contribution in [0.3, 0.4) is 0 Å². The van der Waals surface area contributed by atoms with Crippen molar-refractivity contribution in [3.8, 4) is 0 Å². The van der Waals surface area contributed by atoms with Crippen molar-refractivity contribution < 1.29 is 16.8 Å². The highest BCUT2D eigenvalue weighted by atomic mass is 32.2. The monoisotopic (exact) mass is 405 g/mol. The molecule has 0 unspecified atom stereocenters. The molecule has 1 heterocycles. The topological polar surface area (TPSA) is 98.1 Å². The number of benzene rings is 2. The second-order valence-electron chi connectivity index (χ2n) is 6.13. The van der Waals surface area contributed by atoms with E-state index in [2.05, 4.69) is 9.71 Å². The van der Waals surface area contributed by atoms with Crippen LogP contribution in [0.1, 0.15) is 11.1 Å². The van der Waals surface area contributed by atoms with Gasteiger partial charge < -0.3 is 4.57 Å². The van der Waals surface area contributed by atoms with Crippen molar-refractivity contribution in [1.29, 1.82) is 0 Å². The fourth-order valence-corrected chi connectivity index (χ4v) is 4.37. The molecule has 0 fully saturated rings. The normalized spacial score (nSPS) is 12.2. The van der Waals surface area contributed by atoms with Crippen molar-refractivity contribution in [3.05, 3.63) is 78.4 Å². The second-order valence-corrected chi connectivity index (χ2v) is 9.91. The lowest BCUT2D eigenvalue weighted by Gasteiger charge is -2.09. The van der Waals surface area contributed by atoms with E-state index in [0.29, 0.717) is 6.54 Å². The molecular formula is C18H19N3O4S2. The Bertz CT molecular complexity index is 1140. The summed E-state index contributed by atoms with van der Waals surface area (Å²) in [5.74, 6) is 0. The van der Waals surface area contributed by atoms with Crippen LogP contribution >= 0.6 is 0 Å². The molecule has 0 amide bonds. The molecule has 0 aliphatic carbocycles. The van der Waals surface area contributed by atoms with Crippen molar-refractivity contribution in [2.75, 3.05) is 6.26 Å². The molecular weight excluding hydrogens is 386 g/mol. The van der Waals surface area contributed by atoms with Gasteiger partial charge in [0.25, 0.3) is 0 Å². The Hall–Kier alpha value is -2.49. The van der Waals surface area contributed by atoms with Crippen LogP contribution < -0.4 is 4.72 Å². The fourth-order valence-electron chi connectivity index (χ4n) is 2.56. The molecule has 0 aliphatic heterocycles. The second kappa shape index (κ2) is 7.63. The number of nitrogens with one attached hydrogen (secondary N) is 1. The van der Waals surface area contributed by atoms with Gasteiger partial charge in [-0.25, -0.2) is 26.5 Å². The van der Waals surface area contributed by atoms with E-state index in [1.54, 1.807) is 12.5 Å². The summed E-state index contributed by atoms with van der Waals surface area (Å²) in [6.45, 7) is 0.736. The van der Waals surface area contributed by atoms with Gasteiger partial charge in [-0.15, -0.1) is 0 Å². The third-order valence-electron chi connectivity index (χ3n) is 3.93. The molecule has 0 saturated heterocycles. The van der Waals surface area contributed by atoms with Gasteiger partial charge in [-0.05, 0) is 29.3 Å². The Morgan fingerprint density at radius 3 is 2.37 bits per heavy atom. The minimum atomic E-state index is -3.83. The first-order valence-corrected chi connectivity index (χ1v) is 11.4. The van der Waals surface area contributed by atoms with Crippen molar-refractivity contribution in [1.82, 2.24) is 14.3 Å². The van der Waals surface area contributed by atoms with Crippen LogP contribution in [-0.4, -0.2) is 32.6 Å². The van der Waals surface area contributed by atoms with Crippen LogP contribution in [0.2, 0.25) is 0 Å². The van der Waals surface area contributed by atoms with Gasteiger partial charge in [0.1, 0.15) is 0 Å². The van der Waals surface area contributed by atoms with E-state index in [-0.39, 0.29) is 16.3 Å². The Labute approximate surface area is 158 Å². The molecule has 0 aliphatic rings. The van der Waals surface area contributed by atoms with E-state index in [1.165, 1.54) is 18.2 Å². The van der Waals surface area contributed by atoms with Crippen LogP contribution in [0.5, 0.6) is 0 Å². The van der Waals surface area contributed by atoms with E-state index >= 15 is 0 Å². The summed E-state index contributed by atoms with van der Waals surface area (Å²) in [5.41, 5.74) is 1.82. The number of imidazole rings is 1. The molecule has 27 heavy (non-hydrogen) atoms. The maximum Gasteiger partial charge on any atom is 0.240 e. The molecule has 2 aromatic carbocycles. The smallest absolute Gasteiger partial charge is 0.240 e. The standard InChI is InChI=1S/C18H19N3O4S2/c1-26(22,23)17-6-3-7-18(11-17)27(24,25)20-12-15-4-2-5-16(10-15)13-21-9-8-19-14-21/h2-11,14,20H,12-13H2,1H3. The molecule has 0 spiro atoms. The van der Waals surface area contributed by atoms with E-state index in [1.807, 2.05) is 35.0 Å². The maximum atomic E-state index is 12.5. The molecule has 9 heteroatoms.